The quantitative estimate of drug-likeness (QED) is 0.772. The van der Waals surface area contributed by atoms with Gasteiger partial charge in [0.05, 0.1) is 5.56 Å². The summed E-state index contributed by atoms with van der Waals surface area (Å²) in [6, 6.07) is 14.6. The van der Waals surface area contributed by atoms with Crippen molar-refractivity contribution in [2.75, 3.05) is 11.9 Å². The third kappa shape index (κ3) is 4.32. The van der Waals surface area contributed by atoms with Gasteiger partial charge in [-0.3, -0.25) is 4.79 Å². The normalized spacial score (nSPS) is 13.6. The molecule has 2 aromatic rings. The molecule has 22 heavy (non-hydrogen) atoms. The number of hydrogen-bond donors (Lipinski definition) is 2. The Labute approximate surface area is 131 Å². The number of nitrogens with zero attached hydrogens (tertiary/aromatic N) is 1. The molecule has 1 aromatic heterocycles. The van der Waals surface area contributed by atoms with Gasteiger partial charge in [-0.2, -0.15) is 0 Å². The van der Waals surface area contributed by atoms with Crippen molar-refractivity contribution in [1.82, 2.24) is 10.3 Å². The van der Waals surface area contributed by atoms with E-state index >= 15 is 0 Å². The fourth-order valence-electron chi connectivity index (χ4n) is 2.29. The minimum absolute atomic E-state index is 0.0569. The monoisotopic (exact) mass is 295 g/mol. The van der Waals surface area contributed by atoms with E-state index in [9.17, 15) is 4.79 Å². The Balaban J connectivity index is 1.41. The van der Waals surface area contributed by atoms with E-state index in [-0.39, 0.29) is 5.91 Å². The zero-order valence-electron chi connectivity index (χ0n) is 12.6. The molecule has 1 aliphatic carbocycles. The van der Waals surface area contributed by atoms with Crippen LogP contribution >= 0.6 is 0 Å². The van der Waals surface area contributed by atoms with E-state index in [0.29, 0.717) is 18.2 Å². The number of carbonyl (C=O) groups is 1. The third-order valence-electron chi connectivity index (χ3n) is 3.73. The first-order valence-corrected chi connectivity index (χ1v) is 7.86. The van der Waals surface area contributed by atoms with Gasteiger partial charge in [-0.05, 0) is 43.4 Å². The fourth-order valence-corrected chi connectivity index (χ4v) is 2.29. The lowest BCUT2D eigenvalue weighted by Gasteiger charge is -2.07. The third-order valence-corrected chi connectivity index (χ3v) is 3.73. The Morgan fingerprint density at radius 1 is 1.14 bits per heavy atom. The Kier molecular flexibility index (Phi) is 4.68. The van der Waals surface area contributed by atoms with Gasteiger partial charge < -0.3 is 10.6 Å². The van der Waals surface area contributed by atoms with E-state index < -0.39 is 0 Å². The van der Waals surface area contributed by atoms with Gasteiger partial charge in [0.25, 0.3) is 5.91 Å². The highest BCUT2D eigenvalue weighted by atomic mass is 16.1. The summed E-state index contributed by atoms with van der Waals surface area (Å²) < 4.78 is 0. The Morgan fingerprint density at radius 2 is 1.95 bits per heavy atom. The summed E-state index contributed by atoms with van der Waals surface area (Å²) >= 11 is 0. The molecule has 0 bridgehead atoms. The van der Waals surface area contributed by atoms with Gasteiger partial charge in [0.2, 0.25) is 0 Å². The van der Waals surface area contributed by atoms with Crippen LogP contribution in [0.1, 0.15) is 35.2 Å². The van der Waals surface area contributed by atoms with Crippen LogP contribution in [0, 0.1) is 0 Å². The average molecular weight is 295 g/mol. The number of amides is 1. The number of benzene rings is 1. The first-order chi connectivity index (χ1) is 10.8. The van der Waals surface area contributed by atoms with Crippen LogP contribution in [0.3, 0.4) is 0 Å². The van der Waals surface area contributed by atoms with Crippen LogP contribution < -0.4 is 10.6 Å². The molecule has 0 unspecified atom stereocenters. The van der Waals surface area contributed by atoms with Crippen LogP contribution in [0.2, 0.25) is 0 Å². The largest absolute Gasteiger partial charge is 0.367 e. The van der Waals surface area contributed by atoms with Gasteiger partial charge in [0.1, 0.15) is 5.82 Å². The summed E-state index contributed by atoms with van der Waals surface area (Å²) in [5.41, 5.74) is 1.91. The lowest BCUT2D eigenvalue weighted by atomic mass is 10.1. The number of carbonyl (C=O) groups excluding carboxylic acids is 1. The van der Waals surface area contributed by atoms with E-state index in [1.807, 2.05) is 30.3 Å². The van der Waals surface area contributed by atoms with Crippen LogP contribution in [0.15, 0.2) is 48.7 Å². The van der Waals surface area contributed by atoms with E-state index in [0.717, 1.165) is 18.7 Å². The van der Waals surface area contributed by atoms with Crippen molar-refractivity contribution in [2.24, 2.45) is 0 Å². The fraction of sp³-hybridized carbons (Fsp3) is 0.333. The molecule has 1 aromatic carbocycles. The molecule has 3 rings (SSSR count). The molecule has 4 nitrogen and oxygen atoms in total. The highest BCUT2D eigenvalue weighted by Gasteiger charge is 2.21. The summed E-state index contributed by atoms with van der Waals surface area (Å²) in [6.07, 6.45) is 5.97. The van der Waals surface area contributed by atoms with Crippen molar-refractivity contribution in [1.29, 1.82) is 0 Å². The van der Waals surface area contributed by atoms with Crippen LogP contribution in [-0.2, 0) is 6.42 Å². The maximum absolute atomic E-state index is 12.0. The molecule has 4 heteroatoms. The first-order valence-electron chi connectivity index (χ1n) is 7.86. The molecule has 114 valence electrons. The smallest absolute Gasteiger partial charge is 0.252 e. The van der Waals surface area contributed by atoms with Gasteiger partial charge in [-0.25, -0.2) is 4.98 Å². The molecule has 1 saturated carbocycles. The number of aromatic nitrogens is 1. The predicted octanol–water partition coefficient (Wildman–Crippen LogP) is 3.02. The summed E-state index contributed by atoms with van der Waals surface area (Å²) in [5.74, 6) is 0.793. The number of aryl methyl sites for hydroxylation is 1. The van der Waals surface area contributed by atoms with Crippen molar-refractivity contribution in [3.8, 4) is 0 Å². The van der Waals surface area contributed by atoms with Crippen molar-refractivity contribution in [3.63, 3.8) is 0 Å². The van der Waals surface area contributed by atoms with Crippen molar-refractivity contribution >= 4 is 11.7 Å². The van der Waals surface area contributed by atoms with Gasteiger partial charge in [0.15, 0.2) is 0 Å². The topological polar surface area (TPSA) is 54.0 Å². The van der Waals surface area contributed by atoms with Gasteiger partial charge in [-0.1, -0.05) is 30.3 Å². The second-order valence-corrected chi connectivity index (χ2v) is 5.70. The Morgan fingerprint density at radius 3 is 2.64 bits per heavy atom. The molecule has 1 amide bonds. The lowest BCUT2D eigenvalue weighted by Crippen LogP contribution is -2.25. The van der Waals surface area contributed by atoms with Crippen LogP contribution in [0.25, 0.3) is 0 Å². The number of anilines is 1. The van der Waals surface area contributed by atoms with Gasteiger partial charge in [0, 0.05) is 18.8 Å². The minimum Gasteiger partial charge on any atom is -0.367 e. The van der Waals surface area contributed by atoms with Crippen molar-refractivity contribution in [3.05, 3.63) is 59.8 Å². The van der Waals surface area contributed by atoms with E-state index in [4.69, 9.17) is 0 Å². The van der Waals surface area contributed by atoms with Gasteiger partial charge >= 0.3 is 0 Å². The Bertz CT molecular complexity index is 606. The van der Waals surface area contributed by atoms with Crippen LogP contribution in [0.5, 0.6) is 0 Å². The maximum atomic E-state index is 12.0. The number of hydrogen-bond acceptors (Lipinski definition) is 3. The highest BCUT2D eigenvalue weighted by Crippen LogP contribution is 2.23. The first kappa shape index (κ1) is 14.6. The molecule has 1 fully saturated rings. The molecular formula is C18H21N3O. The summed E-state index contributed by atoms with van der Waals surface area (Å²) in [6.45, 7) is 0.676. The Hall–Kier alpha value is -2.36. The summed E-state index contributed by atoms with van der Waals surface area (Å²) in [7, 11) is 0. The van der Waals surface area contributed by atoms with Crippen molar-refractivity contribution < 1.29 is 4.79 Å². The number of nitrogens with one attached hydrogen (secondary N) is 2. The summed E-state index contributed by atoms with van der Waals surface area (Å²) in [5, 5.41) is 6.25. The molecule has 1 heterocycles. The zero-order chi connectivity index (χ0) is 15.2. The van der Waals surface area contributed by atoms with Gasteiger partial charge in [-0.15, -0.1) is 0 Å². The minimum atomic E-state index is -0.0569. The van der Waals surface area contributed by atoms with Crippen LogP contribution in [-0.4, -0.2) is 23.5 Å². The second kappa shape index (κ2) is 7.07. The molecule has 0 aliphatic heterocycles. The van der Waals surface area contributed by atoms with E-state index in [1.165, 1.54) is 18.4 Å². The molecule has 1 aliphatic rings. The average Bonchev–Trinajstić information content (AvgIpc) is 3.37. The van der Waals surface area contributed by atoms with E-state index in [2.05, 4.69) is 27.8 Å². The molecule has 2 N–H and O–H groups in total. The maximum Gasteiger partial charge on any atom is 0.252 e. The van der Waals surface area contributed by atoms with E-state index in [1.54, 1.807) is 6.20 Å². The van der Waals surface area contributed by atoms with Crippen LogP contribution in [0.4, 0.5) is 5.82 Å². The molecule has 0 saturated heterocycles. The standard InChI is InChI=1S/C18H21N3O/c22-18(19-12-4-7-14-5-2-1-3-6-14)15-8-11-17(20-13-15)21-16-9-10-16/h1-3,5-6,8,11,13,16H,4,7,9-10,12H2,(H,19,22)(H,20,21). The number of pyridine rings is 1. The van der Waals surface area contributed by atoms with Crippen molar-refractivity contribution in [2.45, 2.75) is 31.7 Å². The SMILES string of the molecule is O=C(NCCCc1ccccc1)c1ccc(NC2CC2)nc1. The molecular weight excluding hydrogens is 274 g/mol. The summed E-state index contributed by atoms with van der Waals surface area (Å²) in [4.78, 5) is 16.3. The lowest BCUT2D eigenvalue weighted by molar-refractivity contribution is 0.0953. The number of rotatable bonds is 7. The molecule has 0 radical (unpaired) electrons. The predicted molar refractivity (Wildman–Crippen MR) is 88.0 cm³/mol. The second-order valence-electron chi connectivity index (χ2n) is 5.70. The molecule has 0 atom stereocenters. The highest BCUT2D eigenvalue weighted by molar-refractivity contribution is 5.94. The zero-order valence-corrected chi connectivity index (χ0v) is 12.6. The molecule has 0 spiro atoms.